The summed E-state index contributed by atoms with van der Waals surface area (Å²) in [4.78, 5) is 10.2. The van der Waals surface area contributed by atoms with Crippen LogP contribution in [0.4, 0.5) is 11.4 Å². The van der Waals surface area contributed by atoms with Crippen LogP contribution in [0.2, 0.25) is 10.0 Å². The Bertz CT molecular complexity index is 610. The lowest BCUT2D eigenvalue weighted by Gasteiger charge is -2.15. The summed E-state index contributed by atoms with van der Waals surface area (Å²) >= 11 is 12.1. The van der Waals surface area contributed by atoms with E-state index in [1.54, 1.807) is 4.68 Å². The zero-order valence-electron chi connectivity index (χ0n) is 10.3. The van der Waals surface area contributed by atoms with Crippen LogP contribution < -0.4 is 5.43 Å². The Morgan fingerprint density at radius 1 is 1.16 bits per heavy atom. The fourth-order valence-corrected chi connectivity index (χ4v) is 2.29. The number of nitrogens with zero attached hydrogens (tertiary/aromatic N) is 2. The molecule has 1 heterocycles. The third-order valence-electron chi connectivity index (χ3n) is 2.73. The number of benzene rings is 1. The molecule has 7 heteroatoms. The van der Waals surface area contributed by atoms with Gasteiger partial charge in [0.15, 0.2) is 0 Å². The standard InChI is InChI=1S/C12H11Cl2N3O2/c1-7-3-4-8(2)16(7)15-12-10(13)5-9(17(18)19)6-11(12)14/h3-6,15H,1-2H3. The molecule has 0 spiro atoms. The van der Waals surface area contributed by atoms with E-state index < -0.39 is 4.92 Å². The zero-order chi connectivity index (χ0) is 14.2. The molecular weight excluding hydrogens is 289 g/mol. The number of nitrogens with one attached hydrogen (secondary N) is 1. The average molecular weight is 300 g/mol. The predicted molar refractivity (Wildman–Crippen MR) is 76.0 cm³/mol. The average Bonchev–Trinajstić information content (AvgIpc) is 2.64. The Balaban J connectivity index is 2.44. The summed E-state index contributed by atoms with van der Waals surface area (Å²) < 4.78 is 1.80. The van der Waals surface area contributed by atoms with Gasteiger partial charge in [0.25, 0.3) is 5.69 Å². The van der Waals surface area contributed by atoms with Crippen LogP contribution in [0.1, 0.15) is 11.4 Å². The van der Waals surface area contributed by atoms with Crippen LogP contribution in [0, 0.1) is 24.0 Å². The van der Waals surface area contributed by atoms with E-state index in [1.807, 2.05) is 26.0 Å². The van der Waals surface area contributed by atoms with Crippen LogP contribution in [-0.2, 0) is 0 Å². The smallest absolute Gasteiger partial charge is 0.272 e. The van der Waals surface area contributed by atoms with Crippen molar-refractivity contribution in [2.24, 2.45) is 0 Å². The third-order valence-corrected chi connectivity index (χ3v) is 3.33. The van der Waals surface area contributed by atoms with Gasteiger partial charge in [-0.2, -0.15) is 0 Å². The van der Waals surface area contributed by atoms with Gasteiger partial charge in [0, 0.05) is 23.5 Å². The first kappa shape index (κ1) is 13.7. The molecule has 0 amide bonds. The van der Waals surface area contributed by atoms with E-state index in [4.69, 9.17) is 23.2 Å². The van der Waals surface area contributed by atoms with Crippen LogP contribution in [0.5, 0.6) is 0 Å². The first-order chi connectivity index (χ1) is 8.90. The fourth-order valence-electron chi connectivity index (χ4n) is 1.73. The maximum atomic E-state index is 10.7. The van der Waals surface area contributed by atoms with Gasteiger partial charge in [-0.05, 0) is 26.0 Å². The van der Waals surface area contributed by atoms with Crippen LogP contribution in [-0.4, -0.2) is 9.60 Å². The summed E-state index contributed by atoms with van der Waals surface area (Å²) in [5.74, 6) is 0. The van der Waals surface area contributed by atoms with Gasteiger partial charge >= 0.3 is 0 Å². The van der Waals surface area contributed by atoms with Crippen molar-refractivity contribution >= 4 is 34.6 Å². The lowest BCUT2D eigenvalue weighted by atomic mass is 10.3. The van der Waals surface area contributed by atoms with Crippen LogP contribution in [0.3, 0.4) is 0 Å². The Hall–Kier alpha value is -1.72. The highest BCUT2D eigenvalue weighted by molar-refractivity contribution is 6.39. The second-order valence-corrected chi connectivity index (χ2v) is 4.92. The lowest BCUT2D eigenvalue weighted by Crippen LogP contribution is -2.13. The number of non-ortho nitro benzene ring substituents is 1. The van der Waals surface area contributed by atoms with Crippen molar-refractivity contribution in [2.45, 2.75) is 13.8 Å². The summed E-state index contributed by atoms with van der Waals surface area (Å²) in [6.45, 7) is 3.85. The van der Waals surface area contributed by atoms with Crippen molar-refractivity contribution in [3.63, 3.8) is 0 Å². The number of aromatic nitrogens is 1. The van der Waals surface area contributed by atoms with E-state index in [9.17, 15) is 10.1 Å². The first-order valence-electron chi connectivity index (χ1n) is 5.45. The van der Waals surface area contributed by atoms with Gasteiger partial charge in [-0.15, -0.1) is 0 Å². The molecule has 2 aromatic rings. The van der Waals surface area contributed by atoms with Crippen molar-refractivity contribution in [2.75, 3.05) is 5.43 Å². The van der Waals surface area contributed by atoms with E-state index in [2.05, 4.69) is 5.43 Å². The minimum Gasteiger partial charge on any atom is -0.291 e. The van der Waals surface area contributed by atoms with Gasteiger partial charge in [-0.3, -0.25) is 20.2 Å². The second-order valence-electron chi connectivity index (χ2n) is 4.10. The molecule has 0 saturated carbocycles. The molecule has 0 aliphatic heterocycles. The van der Waals surface area contributed by atoms with Crippen molar-refractivity contribution < 1.29 is 4.92 Å². The number of nitro groups is 1. The largest absolute Gasteiger partial charge is 0.291 e. The molecule has 0 saturated heterocycles. The topological polar surface area (TPSA) is 60.1 Å². The SMILES string of the molecule is Cc1ccc(C)n1Nc1c(Cl)cc([N+](=O)[O-])cc1Cl. The van der Waals surface area contributed by atoms with Gasteiger partial charge < -0.3 is 0 Å². The minimum absolute atomic E-state index is 0.137. The molecule has 0 aliphatic carbocycles. The van der Waals surface area contributed by atoms with Gasteiger partial charge in [0.05, 0.1) is 20.7 Å². The summed E-state index contributed by atoms with van der Waals surface area (Å²) in [5, 5.41) is 11.1. The number of halogens is 2. The number of hydrogen-bond donors (Lipinski definition) is 1. The van der Waals surface area contributed by atoms with Crippen molar-refractivity contribution in [1.29, 1.82) is 0 Å². The molecule has 19 heavy (non-hydrogen) atoms. The molecule has 1 N–H and O–H groups in total. The summed E-state index contributed by atoms with van der Waals surface area (Å²) in [6.07, 6.45) is 0. The normalized spacial score (nSPS) is 10.5. The van der Waals surface area contributed by atoms with E-state index in [1.165, 1.54) is 12.1 Å². The molecule has 0 aliphatic rings. The van der Waals surface area contributed by atoms with Crippen molar-refractivity contribution in [3.8, 4) is 0 Å². The molecule has 0 fully saturated rings. The molecule has 1 aromatic heterocycles. The number of rotatable bonds is 3. The lowest BCUT2D eigenvalue weighted by molar-refractivity contribution is -0.384. The Morgan fingerprint density at radius 3 is 2.05 bits per heavy atom. The number of nitro benzene ring substituents is 1. The molecule has 5 nitrogen and oxygen atoms in total. The number of anilines is 1. The van der Waals surface area contributed by atoms with Crippen molar-refractivity contribution in [3.05, 3.63) is 55.8 Å². The monoisotopic (exact) mass is 299 g/mol. The number of aryl methyl sites for hydroxylation is 2. The highest BCUT2D eigenvalue weighted by atomic mass is 35.5. The minimum atomic E-state index is -0.534. The summed E-state index contributed by atoms with van der Waals surface area (Å²) in [7, 11) is 0. The Labute approximate surface area is 119 Å². The fraction of sp³-hybridized carbons (Fsp3) is 0.167. The Kier molecular flexibility index (Phi) is 3.68. The molecule has 0 radical (unpaired) electrons. The van der Waals surface area contributed by atoms with Crippen molar-refractivity contribution in [1.82, 2.24) is 4.68 Å². The Morgan fingerprint density at radius 2 is 1.63 bits per heavy atom. The highest BCUT2D eigenvalue weighted by Crippen LogP contribution is 2.35. The molecule has 0 atom stereocenters. The van der Waals surface area contributed by atoms with Gasteiger partial charge in [0.2, 0.25) is 0 Å². The quantitative estimate of drug-likeness (QED) is 0.682. The molecular formula is C12H11Cl2N3O2. The maximum absolute atomic E-state index is 10.7. The third kappa shape index (κ3) is 2.67. The first-order valence-corrected chi connectivity index (χ1v) is 6.21. The van der Waals surface area contributed by atoms with Gasteiger partial charge in [-0.1, -0.05) is 23.2 Å². The highest BCUT2D eigenvalue weighted by Gasteiger charge is 2.15. The second kappa shape index (κ2) is 5.11. The van der Waals surface area contributed by atoms with E-state index in [0.29, 0.717) is 5.69 Å². The molecule has 2 rings (SSSR count). The van der Waals surface area contributed by atoms with E-state index >= 15 is 0 Å². The summed E-state index contributed by atoms with van der Waals surface area (Å²) in [6, 6.07) is 6.42. The molecule has 0 bridgehead atoms. The summed E-state index contributed by atoms with van der Waals surface area (Å²) in [5.41, 5.74) is 5.31. The zero-order valence-corrected chi connectivity index (χ0v) is 11.8. The number of hydrogen-bond acceptors (Lipinski definition) is 3. The molecule has 100 valence electrons. The predicted octanol–water partition coefficient (Wildman–Crippen LogP) is 4.20. The van der Waals surface area contributed by atoms with Crippen LogP contribution in [0.25, 0.3) is 0 Å². The molecule has 0 unspecified atom stereocenters. The van der Waals surface area contributed by atoms with Crippen LogP contribution >= 0.6 is 23.2 Å². The van der Waals surface area contributed by atoms with E-state index in [0.717, 1.165) is 11.4 Å². The molecule has 1 aromatic carbocycles. The van der Waals surface area contributed by atoms with E-state index in [-0.39, 0.29) is 15.7 Å². The van der Waals surface area contributed by atoms with Gasteiger partial charge in [-0.25, -0.2) is 0 Å². The maximum Gasteiger partial charge on any atom is 0.272 e. The van der Waals surface area contributed by atoms with Crippen LogP contribution in [0.15, 0.2) is 24.3 Å². The van der Waals surface area contributed by atoms with Gasteiger partial charge in [0.1, 0.15) is 0 Å².